The van der Waals surface area contributed by atoms with Gasteiger partial charge in [-0.2, -0.15) is 8.78 Å². The summed E-state index contributed by atoms with van der Waals surface area (Å²) in [5, 5.41) is 0. The van der Waals surface area contributed by atoms with E-state index in [0.717, 1.165) is 0 Å². The van der Waals surface area contributed by atoms with Gasteiger partial charge < -0.3 is 0 Å². The molecule has 0 bridgehead atoms. The molecule has 0 aliphatic heterocycles. The lowest BCUT2D eigenvalue weighted by Crippen LogP contribution is -1.76. The zero-order valence-electron chi connectivity index (χ0n) is 4.97. The van der Waals surface area contributed by atoms with E-state index in [-0.39, 0.29) is 6.08 Å². The Morgan fingerprint density at radius 1 is 1.00 bits per heavy atom. The Hall–Kier alpha value is -1.13. The van der Waals surface area contributed by atoms with Gasteiger partial charge >= 0.3 is 0 Å². The molecule has 1 aliphatic rings. The van der Waals surface area contributed by atoms with Crippen molar-refractivity contribution in [3.8, 4) is 0 Å². The third kappa shape index (κ3) is 1.18. The summed E-state index contributed by atoms with van der Waals surface area (Å²) < 4.78 is 59.3. The van der Waals surface area contributed by atoms with E-state index in [1.807, 2.05) is 0 Å². The summed E-state index contributed by atoms with van der Waals surface area (Å²) in [6.07, 6.45) is -2.33. The van der Waals surface area contributed by atoms with E-state index in [0.29, 0.717) is 0 Å². The highest BCUT2D eigenvalue weighted by atomic mass is 19.3. The van der Waals surface area contributed by atoms with Crippen molar-refractivity contribution in [1.29, 1.82) is 0 Å². The maximum Gasteiger partial charge on any atom is 0.280 e. The molecular weight excluding hydrogens is 167 g/mol. The second-order valence-electron chi connectivity index (χ2n) is 1.79. The summed E-state index contributed by atoms with van der Waals surface area (Å²) in [4.78, 5) is 0. The standard InChI is InChI=1S/C6HF5/c7-3-1-2(6(10)11)4(8)5(3)9/h1H. The topological polar surface area (TPSA) is 0 Å². The van der Waals surface area contributed by atoms with Gasteiger partial charge in [-0.05, 0) is 6.08 Å². The van der Waals surface area contributed by atoms with Crippen molar-refractivity contribution >= 4 is 0 Å². The second kappa shape index (κ2) is 2.48. The molecule has 0 aromatic heterocycles. The van der Waals surface area contributed by atoms with Crippen molar-refractivity contribution in [3.05, 3.63) is 35.2 Å². The molecule has 0 unspecified atom stereocenters. The molecule has 0 heterocycles. The van der Waals surface area contributed by atoms with Gasteiger partial charge in [-0.15, -0.1) is 0 Å². The molecule has 0 radical (unpaired) electrons. The molecule has 0 aromatic rings. The summed E-state index contributed by atoms with van der Waals surface area (Å²) in [5.74, 6) is -5.32. The summed E-state index contributed by atoms with van der Waals surface area (Å²) in [6.45, 7) is 0. The number of allylic oxidation sites excluding steroid dienone is 5. The molecule has 11 heavy (non-hydrogen) atoms. The number of hydrogen-bond donors (Lipinski definition) is 0. The zero-order valence-corrected chi connectivity index (χ0v) is 4.97. The van der Waals surface area contributed by atoms with Crippen LogP contribution in [0.2, 0.25) is 0 Å². The first-order valence-corrected chi connectivity index (χ1v) is 2.52. The molecule has 0 fully saturated rings. The summed E-state index contributed by atoms with van der Waals surface area (Å²) >= 11 is 0. The van der Waals surface area contributed by atoms with Gasteiger partial charge in [0.1, 0.15) is 0 Å². The highest BCUT2D eigenvalue weighted by Crippen LogP contribution is 2.35. The molecular formula is C6HF5. The first-order valence-electron chi connectivity index (χ1n) is 2.52. The zero-order chi connectivity index (χ0) is 8.59. The Bertz CT molecular complexity index is 279. The van der Waals surface area contributed by atoms with Gasteiger partial charge in [-0.1, -0.05) is 0 Å². The van der Waals surface area contributed by atoms with Crippen LogP contribution in [0.25, 0.3) is 0 Å². The van der Waals surface area contributed by atoms with E-state index in [1.54, 1.807) is 0 Å². The van der Waals surface area contributed by atoms with Gasteiger partial charge in [-0.3, -0.25) is 0 Å². The lowest BCUT2D eigenvalue weighted by molar-refractivity contribution is 0.410. The summed E-state index contributed by atoms with van der Waals surface area (Å²) in [5.41, 5.74) is -1.32. The Morgan fingerprint density at radius 2 is 1.55 bits per heavy atom. The fraction of sp³-hybridized carbons (Fsp3) is 0. The molecule has 5 heteroatoms. The van der Waals surface area contributed by atoms with E-state index in [1.165, 1.54) is 0 Å². The average molecular weight is 168 g/mol. The van der Waals surface area contributed by atoms with Crippen LogP contribution in [0.3, 0.4) is 0 Å². The lowest BCUT2D eigenvalue weighted by atomic mass is 10.3. The smallest absolute Gasteiger partial charge is 0.204 e. The van der Waals surface area contributed by atoms with Crippen LogP contribution in [-0.2, 0) is 0 Å². The number of hydrogen-bond acceptors (Lipinski definition) is 0. The Balaban J connectivity index is 3.22. The van der Waals surface area contributed by atoms with E-state index >= 15 is 0 Å². The molecule has 0 atom stereocenters. The van der Waals surface area contributed by atoms with Crippen LogP contribution in [0.5, 0.6) is 0 Å². The molecule has 1 aliphatic carbocycles. The first-order chi connectivity index (χ1) is 5.04. The van der Waals surface area contributed by atoms with Gasteiger partial charge in [0.15, 0.2) is 17.5 Å². The van der Waals surface area contributed by atoms with Gasteiger partial charge in [0.2, 0.25) is 0 Å². The molecule has 0 saturated carbocycles. The SMILES string of the molecule is FC1=CC(=C(F)F)C(F)=C1F. The van der Waals surface area contributed by atoms with Crippen molar-refractivity contribution in [2.45, 2.75) is 0 Å². The molecule has 1 rings (SSSR count). The van der Waals surface area contributed by atoms with Gasteiger partial charge in [0, 0.05) is 0 Å². The fourth-order valence-electron chi connectivity index (χ4n) is 0.614. The van der Waals surface area contributed by atoms with E-state index < -0.39 is 29.1 Å². The second-order valence-corrected chi connectivity index (χ2v) is 1.79. The van der Waals surface area contributed by atoms with Crippen LogP contribution in [-0.4, -0.2) is 0 Å². The number of halogens is 5. The normalized spacial score (nSPS) is 17.5. The quantitative estimate of drug-likeness (QED) is 0.487. The van der Waals surface area contributed by atoms with Crippen molar-refractivity contribution in [2.75, 3.05) is 0 Å². The van der Waals surface area contributed by atoms with Crippen LogP contribution in [0, 0.1) is 0 Å². The molecule has 60 valence electrons. The van der Waals surface area contributed by atoms with E-state index in [2.05, 4.69) is 0 Å². The van der Waals surface area contributed by atoms with Crippen LogP contribution >= 0.6 is 0 Å². The first kappa shape index (κ1) is 7.97. The van der Waals surface area contributed by atoms with Crippen LogP contribution in [0.1, 0.15) is 0 Å². The van der Waals surface area contributed by atoms with Gasteiger partial charge in [0.25, 0.3) is 6.08 Å². The summed E-state index contributed by atoms with van der Waals surface area (Å²) in [7, 11) is 0. The number of rotatable bonds is 0. The molecule has 0 nitrogen and oxygen atoms in total. The van der Waals surface area contributed by atoms with Crippen LogP contribution < -0.4 is 0 Å². The van der Waals surface area contributed by atoms with E-state index in [4.69, 9.17) is 0 Å². The van der Waals surface area contributed by atoms with Gasteiger partial charge in [0.05, 0.1) is 5.57 Å². The Morgan fingerprint density at radius 3 is 1.73 bits per heavy atom. The third-order valence-corrected chi connectivity index (χ3v) is 1.11. The predicted molar refractivity (Wildman–Crippen MR) is 27.7 cm³/mol. The highest BCUT2D eigenvalue weighted by molar-refractivity contribution is 5.50. The van der Waals surface area contributed by atoms with Crippen molar-refractivity contribution in [2.24, 2.45) is 0 Å². The Kier molecular flexibility index (Phi) is 1.80. The third-order valence-electron chi connectivity index (χ3n) is 1.11. The lowest BCUT2D eigenvalue weighted by Gasteiger charge is -1.87. The van der Waals surface area contributed by atoms with Gasteiger partial charge in [-0.25, -0.2) is 13.2 Å². The maximum absolute atomic E-state index is 12.2. The minimum absolute atomic E-state index is 0.111. The fourth-order valence-corrected chi connectivity index (χ4v) is 0.614. The summed E-state index contributed by atoms with van der Waals surface area (Å²) in [6, 6.07) is 0. The van der Waals surface area contributed by atoms with Crippen molar-refractivity contribution in [3.63, 3.8) is 0 Å². The maximum atomic E-state index is 12.2. The monoisotopic (exact) mass is 168 g/mol. The average Bonchev–Trinajstić information content (AvgIpc) is 2.17. The van der Waals surface area contributed by atoms with E-state index in [9.17, 15) is 22.0 Å². The van der Waals surface area contributed by atoms with Crippen molar-refractivity contribution < 1.29 is 22.0 Å². The minimum Gasteiger partial charge on any atom is -0.204 e. The van der Waals surface area contributed by atoms with Crippen LogP contribution in [0.15, 0.2) is 35.2 Å². The van der Waals surface area contributed by atoms with Crippen LogP contribution in [0.4, 0.5) is 22.0 Å². The molecule has 0 saturated heterocycles. The minimum atomic E-state index is -2.44. The van der Waals surface area contributed by atoms with Crippen molar-refractivity contribution in [1.82, 2.24) is 0 Å². The molecule has 0 N–H and O–H groups in total. The molecule has 0 amide bonds. The molecule has 0 aromatic carbocycles. The largest absolute Gasteiger partial charge is 0.280 e. The highest BCUT2D eigenvalue weighted by Gasteiger charge is 2.25. The molecule has 0 spiro atoms. The Labute approximate surface area is 58.3 Å². The predicted octanol–water partition coefficient (Wildman–Crippen LogP) is 3.15.